The van der Waals surface area contributed by atoms with E-state index in [4.69, 9.17) is 5.11 Å². The number of carbonyl (C=O) groups is 2. The van der Waals surface area contributed by atoms with Gasteiger partial charge in [0.2, 0.25) is 5.91 Å². The number of anilines is 1. The second-order valence-corrected chi connectivity index (χ2v) is 7.46. The minimum Gasteiger partial charge on any atom is -0.478 e. The molecule has 2 N–H and O–H groups in total. The molecule has 7 nitrogen and oxygen atoms in total. The van der Waals surface area contributed by atoms with Gasteiger partial charge in [-0.25, -0.2) is 9.78 Å². The molecule has 156 valence electrons. The highest BCUT2D eigenvalue weighted by molar-refractivity contribution is 5.90. The Kier molecular flexibility index (Phi) is 7.17. The van der Waals surface area contributed by atoms with Gasteiger partial charge in [-0.15, -0.1) is 0 Å². The van der Waals surface area contributed by atoms with E-state index < -0.39 is 5.97 Å². The molecule has 0 atom stereocenters. The molecule has 2 heterocycles. The number of carboxylic acids is 1. The van der Waals surface area contributed by atoms with E-state index in [1.54, 1.807) is 36.5 Å². The van der Waals surface area contributed by atoms with E-state index in [1.165, 1.54) is 0 Å². The Balaban J connectivity index is 1.54. The van der Waals surface area contributed by atoms with Gasteiger partial charge in [0.1, 0.15) is 5.82 Å². The molecule has 1 amide bonds. The Labute approximate surface area is 176 Å². The molecule has 1 aliphatic rings. The van der Waals surface area contributed by atoms with Crippen molar-refractivity contribution in [3.63, 3.8) is 0 Å². The zero-order chi connectivity index (χ0) is 21.5. The molecule has 1 fully saturated rings. The van der Waals surface area contributed by atoms with Crippen molar-refractivity contribution in [3.8, 4) is 11.8 Å². The van der Waals surface area contributed by atoms with Crippen LogP contribution in [-0.4, -0.2) is 71.5 Å². The van der Waals surface area contributed by atoms with Crippen LogP contribution in [0.15, 0.2) is 36.5 Å². The molecule has 0 unspecified atom stereocenters. The summed E-state index contributed by atoms with van der Waals surface area (Å²) in [5.41, 5.74) is 2.46. The number of piperazine rings is 1. The van der Waals surface area contributed by atoms with E-state index in [9.17, 15) is 9.59 Å². The highest BCUT2D eigenvalue weighted by Crippen LogP contribution is 2.11. The van der Waals surface area contributed by atoms with Crippen LogP contribution in [0.3, 0.4) is 0 Å². The number of hydrogen-bond donors (Lipinski definition) is 2. The Morgan fingerprint density at radius 3 is 2.57 bits per heavy atom. The van der Waals surface area contributed by atoms with Crippen molar-refractivity contribution in [3.05, 3.63) is 58.8 Å². The predicted molar refractivity (Wildman–Crippen MR) is 116 cm³/mol. The van der Waals surface area contributed by atoms with Crippen LogP contribution in [0, 0.1) is 18.8 Å². The predicted octanol–water partition coefficient (Wildman–Crippen LogP) is 2.06. The minimum atomic E-state index is -0.979. The zero-order valence-electron chi connectivity index (χ0n) is 17.3. The van der Waals surface area contributed by atoms with Crippen LogP contribution in [0.2, 0.25) is 0 Å². The lowest BCUT2D eigenvalue weighted by atomic mass is 10.1. The molecule has 30 heavy (non-hydrogen) atoms. The number of likely N-dealkylation sites (N-methyl/N-ethyl adjacent to an activating group) is 1. The van der Waals surface area contributed by atoms with Gasteiger partial charge in [-0.1, -0.05) is 17.9 Å². The van der Waals surface area contributed by atoms with Crippen LogP contribution >= 0.6 is 0 Å². The van der Waals surface area contributed by atoms with E-state index in [0.717, 1.165) is 38.3 Å². The zero-order valence-corrected chi connectivity index (χ0v) is 17.3. The van der Waals surface area contributed by atoms with Gasteiger partial charge in [-0.05, 0) is 43.8 Å². The number of amides is 1. The van der Waals surface area contributed by atoms with Crippen LogP contribution < -0.4 is 5.32 Å². The topological polar surface area (TPSA) is 85.8 Å². The molecular weight excluding hydrogens is 380 g/mol. The summed E-state index contributed by atoms with van der Waals surface area (Å²) in [6.07, 6.45) is 2.03. The van der Waals surface area contributed by atoms with Crippen LogP contribution in [0.25, 0.3) is 0 Å². The van der Waals surface area contributed by atoms with Gasteiger partial charge in [0.15, 0.2) is 0 Å². The Morgan fingerprint density at radius 2 is 1.90 bits per heavy atom. The molecule has 2 aromatic rings. The molecule has 3 rings (SSSR count). The second-order valence-electron chi connectivity index (χ2n) is 7.46. The fourth-order valence-corrected chi connectivity index (χ4v) is 3.11. The summed E-state index contributed by atoms with van der Waals surface area (Å²) in [5.74, 6) is 5.45. The molecule has 1 aromatic heterocycles. The maximum Gasteiger partial charge on any atom is 0.335 e. The number of nitrogens with one attached hydrogen (secondary N) is 1. The molecule has 1 aromatic carbocycles. The van der Waals surface area contributed by atoms with E-state index in [2.05, 4.69) is 39.0 Å². The maximum atomic E-state index is 12.2. The minimum absolute atomic E-state index is 0.0543. The second kappa shape index (κ2) is 10.0. The summed E-state index contributed by atoms with van der Waals surface area (Å²) < 4.78 is 0. The fourth-order valence-electron chi connectivity index (χ4n) is 3.11. The van der Waals surface area contributed by atoms with Gasteiger partial charge < -0.3 is 20.2 Å². The number of carboxylic acid groups (broad SMARTS) is 1. The Bertz CT molecular complexity index is 968. The lowest BCUT2D eigenvalue weighted by molar-refractivity contribution is -0.116. The summed E-state index contributed by atoms with van der Waals surface area (Å²) in [6.45, 7) is 6.68. The van der Waals surface area contributed by atoms with Crippen molar-refractivity contribution in [2.24, 2.45) is 0 Å². The molecule has 7 heteroatoms. The van der Waals surface area contributed by atoms with Crippen LogP contribution in [0.4, 0.5) is 5.82 Å². The summed E-state index contributed by atoms with van der Waals surface area (Å²) in [6, 6.07) is 8.37. The standard InChI is InChI=1S/C23H26N4O3/c1-17-3-6-20(23(29)30)15-19(17)7-4-18-5-8-21(24-16-18)25-22(28)9-10-27-13-11-26(2)12-14-27/h3,5-6,8,15-16H,9-14H2,1-2H3,(H,29,30)(H,24,25,28). The van der Waals surface area contributed by atoms with Crippen molar-refractivity contribution in [2.75, 3.05) is 45.1 Å². The first-order valence-electron chi connectivity index (χ1n) is 9.93. The third kappa shape index (κ3) is 6.14. The van der Waals surface area contributed by atoms with Crippen molar-refractivity contribution in [1.82, 2.24) is 14.8 Å². The number of aromatic nitrogens is 1. The first-order chi connectivity index (χ1) is 14.4. The molecule has 0 radical (unpaired) electrons. The number of aromatic carboxylic acids is 1. The molecule has 0 saturated carbocycles. The first-order valence-corrected chi connectivity index (χ1v) is 9.93. The SMILES string of the molecule is Cc1ccc(C(=O)O)cc1C#Cc1ccc(NC(=O)CCN2CCN(C)CC2)nc1. The fraction of sp³-hybridized carbons (Fsp3) is 0.348. The molecule has 1 saturated heterocycles. The van der Waals surface area contributed by atoms with Gasteiger partial charge in [0.05, 0.1) is 5.56 Å². The quantitative estimate of drug-likeness (QED) is 0.740. The average molecular weight is 406 g/mol. The van der Waals surface area contributed by atoms with Crippen LogP contribution in [0.1, 0.15) is 33.5 Å². The lowest BCUT2D eigenvalue weighted by Gasteiger charge is -2.32. The number of aryl methyl sites for hydroxylation is 1. The van der Waals surface area contributed by atoms with Gasteiger partial charge in [-0.3, -0.25) is 4.79 Å². The van der Waals surface area contributed by atoms with Gasteiger partial charge in [-0.2, -0.15) is 0 Å². The molecule has 1 aliphatic heterocycles. The highest BCUT2D eigenvalue weighted by atomic mass is 16.4. The van der Waals surface area contributed by atoms with Crippen LogP contribution in [-0.2, 0) is 4.79 Å². The lowest BCUT2D eigenvalue weighted by Crippen LogP contribution is -2.45. The average Bonchev–Trinajstić information content (AvgIpc) is 2.73. The Morgan fingerprint density at radius 1 is 1.13 bits per heavy atom. The first kappa shape index (κ1) is 21.5. The largest absolute Gasteiger partial charge is 0.478 e. The van der Waals surface area contributed by atoms with Gasteiger partial charge in [0, 0.05) is 56.5 Å². The van der Waals surface area contributed by atoms with Crippen molar-refractivity contribution < 1.29 is 14.7 Å². The monoisotopic (exact) mass is 406 g/mol. The molecule has 0 bridgehead atoms. The normalized spacial score (nSPS) is 14.6. The number of benzene rings is 1. The third-order valence-electron chi connectivity index (χ3n) is 5.11. The van der Waals surface area contributed by atoms with Crippen LogP contribution in [0.5, 0.6) is 0 Å². The number of pyridine rings is 1. The van der Waals surface area contributed by atoms with E-state index in [-0.39, 0.29) is 11.5 Å². The van der Waals surface area contributed by atoms with Gasteiger partial charge >= 0.3 is 5.97 Å². The summed E-state index contributed by atoms with van der Waals surface area (Å²) in [7, 11) is 2.11. The Hall–Kier alpha value is -3.21. The van der Waals surface area contributed by atoms with Crippen molar-refractivity contribution in [1.29, 1.82) is 0 Å². The third-order valence-corrected chi connectivity index (χ3v) is 5.11. The van der Waals surface area contributed by atoms with Crippen molar-refractivity contribution >= 4 is 17.7 Å². The van der Waals surface area contributed by atoms with E-state index >= 15 is 0 Å². The highest BCUT2D eigenvalue weighted by Gasteiger charge is 2.14. The maximum absolute atomic E-state index is 12.2. The number of hydrogen-bond acceptors (Lipinski definition) is 5. The number of nitrogens with zero attached hydrogens (tertiary/aromatic N) is 3. The van der Waals surface area contributed by atoms with E-state index in [0.29, 0.717) is 23.4 Å². The molecule has 0 spiro atoms. The molecular formula is C23H26N4O3. The number of rotatable bonds is 5. The van der Waals surface area contributed by atoms with E-state index in [1.807, 2.05) is 6.92 Å². The summed E-state index contributed by atoms with van der Waals surface area (Å²) >= 11 is 0. The summed E-state index contributed by atoms with van der Waals surface area (Å²) in [5, 5.41) is 11.9. The number of carbonyl (C=O) groups excluding carboxylic acids is 1. The molecule has 0 aliphatic carbocycles. The van der Waals surface area contributed by atoms with Gasteiger partial charge in [0.25, 0.3) is 0 Å². The summed E-state index contributed by atoms with van der Waals surface area (Å²) in [4.78, 5) is 32.1. The van der Waals surface area contributed by atoms with Crippen molar-refractivity contribution in [2.45, 2.75) is 13.3 Å². The smallest absolute Gasteiger partial charge is 0.335 e.